The molecule has 1 amide bonds. The van der Waals surface area contributed by atoms with Crippen LogP contribution < -0.4 is 5.32 Å². The third-order valence-corrected chi connectivity index (χ3v) is 4.39. The van der Waals surface area contributed by atoms with Crippen LogP contribution in [0.4, 0.5) is 0 Å². The van der Waals surface area contributed by atoms with Gasteiger partial charge in [-0.1, -0.05) is 32.5 Å². The van der Waals surface area contributed by atoms with Gasteiger partial charge in [-0.05, 0) is 20.8 Å². The van der Waals surface area contributed by atoms with Gasteiger partial charge in [0.05, 0.1) is 12.0 Å². The summed E-state index contributed by atoms with van der Waals surface area (Å²) in [5, 5.41) is 11.7. The van der Waals surface area contributed by atoms with Crippen LogP contribution >= 0.6 is 11.8 Å². The fourth-order valence-electron chi connectivity index (χ4n) is 1.42. The number of hydrogen-bond donors (Lipinski definition) is 1. The molecule has 0 rings (SSSR count). The van der Waals surface area contributed by atoms with Crippen LogP contribution in [0.25, 0.3) is 0 Å². The van der Waals surface area contributed by atoms with Crippen molar-refractivity contribution < 1.29 is 29.0 Å². The highest BCUT2D eigenvalue weighted by Gasteiger charge is 2.34. The minimum absolute atomic E-state index is 0.00680. The van der Waals surface area contributed by atoms with Crippen molar-refractivity contribution in [2.45, 2.75) is 47.6 Å². The van der Waals surface area contributed by atoms with Gasteiger partial charge in [-0.25, -0.2) is 4.79 Å². The van der Waals surface area contributed by atoms with Gasteiger partial charge in [-0.3, -0.25) is 9.59 Å². The van der Waals surface area contributed by atoms with Crippen LogP contribution in [0, 0.1) is 20.9 Å². The summed E-state index contributed by atoms with van der Waals surface area (Å²) in [6.07, 6.45) is 0. The van der Waals surface area contributed by atoms with Gasteiger partial charge in [0.15, 0.2) is 5.12 Å². The zero-order valence-corrected chi connectivity index (χ0v) is 16.2. The maximum absolute atomic E-state index is 12.3. The van der Waals surface area contributed by atoms with E-state index in [0.29, 0.717) is 0 Å². The topological polar surface area (TPSA) is 125 Å². The first-order valence-electron chi connectivity index (χ1n) is 7.73. The van der Waals surface area contributed by atoms with Crippen molar-refractivity contribution in [1.82, 2.24) is 5.32 Å². The van der Waals surface area contributed by atoms with Crippen molar-refractivity contribution >= 4 is 28.8 Å². The molecule has 0 spiro atoms. The molecule has 0 aromatic rings. The summed E-state index contributed by atoms with van der Waals surface area (Å²) in [6, 6.07) is -1.04. The summed E-state index contributed by atoms with van der Waals surface area (Å²) in [4.78, 5) is 50.9. The molecule has 0 heterocycles. The smallest absolute Gasteiger partial charge is 0.329 e. The highest BCUT2D eigenvalue weighted by atomic mass is 32.2. The third kappa shape index (κ3) is 8.71. The quantitative estimate of drug-likeness (QED) is 0.364. The summed E-state index contributed by atoms with van der Waals surface area (Å²) >= 11 is 0.923. The predicted octanol–water partition coefficient (Wildman–Crippen LogP) is 1.57. The van der Waals surface area contributed by atoms with Crippen LogP contribution in [0.15, 0.2) is 0 Å². The van der Waals surface area contributed by atoms with Crippen molar-refractivity contribution in [1.29, 1.82) is 0 Å². The molecule has 144 valence electrons. The normalized spacial score (nSPS) is 12.9. The molecular formula is C15H26N2O7S. The molecule has 0 radical (unpaired) electrons. The van der Waals surface area contributed by atoms with Gasteiger partial charge in [0.1, 0.15) is 12.6 Å². The second kappa shape index (κ2) is 9.59. The Hall–Kier alpha value is -1.84. The van der Waals surface area contributed by atoms with Crippen LogP contribution in [0.2, 0.25) is 0 Å². The van der Waals surface area contributed by atoms with E-state index in [-0.39, 0.29) is 17.5 Å². The minimum Gasteiger partial charge on any atom is -0.464 e. The molecule has 0 saturated carbocycles. The number of carbonyl (C=O) groups is 3. The van der Waals surface area contributed by atoms with E-state index in [1.807, 2.05) is 0 Å². The molecular weight excluding hydrogens is 352 g/mol. The molecule has 10 heteroatoms. The third-order valence-electron chi connectivity index (χ3n) is 3.02. The zero-order valence-electron chi connectivity index (χ0n) is 15.4. The summed E-state index contributed by atoms with van der Waals surface area (Å²) in [7, 11) is 0. The standard InChI is InChI=1S/C15H26N2O7S/c1-7-23-11(18)10(8-25-13(20)14(2,3)4)16-12(19)15(5,6)9-24-17(21)22/h10H,7-9H2,1-6H3,(H,16,19). The molecule has 0 aromatic heterocycles. The van der Waals surface area contributed by atoms with Crippen molar-refractivity contribution in [3.63, 3.8) is 0 Å². The lowest BCUT2D eigenvalue weighted by molar-refractivity contribution is -0.760. The number of esters is 1. The van der Waals surface area contributed by atoms with Crippen molar-refractivity contribution in [2.24, 2.45) is 10.8 Å². The molecule has 9 nitrogen and oxygen atoms in total. The van der Waals surface area contributed by atoms with Crippen LogP contribution in [-0.4, -0.2) is 47.1 Å². The number of thioether (sulfide) groups is 1. The SMILES string of the molecule is CCOC(=O)C(CSC(=O)C(C)(C)C)NC(=O)C(C)(C)CO[N+](=O)[O-]. The van der Waals surface area contributed by atoms with Gasteiger partial charge in [-0.15, -0.1) is 10.1 Å². The number of rotatable bonds is 9. The number of nitrogens with zero attached hydrogens (tertiary/aromatic N) is 1. The summed E-state index contributed by atoms with van der Waals surface area (Å²) < 4.78 is 4.92. The highest BCUT2D eigenvalue weighted by molar-refractivity contribution is 8.13. The molecule has 0 aliphatic carbocycles. The lowest BCUT2D eigenvalue weighted by atomic mass is 9.93. The van der Waals surface area contributed by atoms with Gasteiger partial charge in [-0.2, -0.15) is 0 Å². The van der Waals surface area contributed by atoms with E-state index in [4.69, 9.17) is 4.74 Å². The molecule has 0 bridgehead atoms. The van der Waals surface area contributed by atoms with Gasteiger partial charge < -0.3 is 14.9 Å². The average molecular weight is 378 g/mol. The molecule has 0 saturated heterocycles. The van der Waals surface area contributed by atoms with E-state index >= 15 is 0 Å². The molecule has 0 fully saturated rings. The molecule has 25 heavy (non-hydrogen) atoms. The van der Waals surface area contributed by atoms with E-state index in [1.165, 1.54) is 13.8 Å². The Balaban J connectivity index is 4.99. The van der Waals surface area contributed by atoms with E-state index in [9.17, 15) is 24.5 Å². The summed E-state index contributed by atoms with van der Waals surface area (Å²) in [5.41, 5.74) is -1.83. The maximum atomic E-state index is 12.3. The lowest BCUT2D eigenvalue weighted by Crippen LogP contribution is -2.50. The monoisotopic (exact) mass is 378 g/mol. The first kappa shape index (κ1) is 23.2. The van der Waals surface area contributed by atoms with Crippen LogP contribution in [0.3, 0.4) is 0 Å². The van der Waals surface area contributed by atoms with Gasteiger partial charge in [0.2, 0.25) is 5.91 Å². The van der Waals surface area contributed by atoms with E-state index in [2.05, 4.69) is 10.2 Å². The molecule has 1 atom stereocenters. The number of amides is 1. The molecule has 0 aromatic carbocycles. The lowest BCUT2D eigenvalue weighted by Gasteiger charge is -2.26. The Kier molecular flexibility index (Phi) is 8.89. The average Bonchev–Trinajstić information content (AvgIpc) is 2.47. The van der Waals surface area contributed by atoms with Crippen LogP contribution in [0.1, 0.15) is 41.5 Å². The van der Waals surface area contributed by atoms with Gasteiger partial charge in [0, 0.05) is 11.2 Å². The van der Waals surface area contributed by atoms with Gasteiger partial charge in [0.25, 0.3) is 5.09 Å². The second-order valence-corrected chi connectivity index (χ2v) is 8.00. The van der Waals surface area contributed by atoms with Crippen LogP contribution in [-0.2, 0) is 24.0 Å². The van der Waals surface area contributed by atoms with Gasteiger partial charge >= 0.3 is 5.97 Å². The van der Waals surface area contributed by atoms with E-state index in [0.717, 1.165) is 11.8 Å². The number of hydrogen-bond acceptors (Lipinski definition) is 8. The highest BCUT2D eigenvalue weighted by Crippen LogP contribution is 2.24. The molecule has 1 unspecified atom stereocenters. The van der Waals surface area contributed by atoms with Crippen LogP contribution in [0.5, 0.6) is 0 Å². The Morgan fingerprint density at radius 3 is 2.20 bits per heavy atom. The van der Waals surface area contributed by atoms with Crippen molar-refractivity contribution in [2.75, 3.05) is 19.0 Å². The number of carbonyl (C=O) groups excluding carboxylic acids is 3. The molecule has 0 aliphatic heterocycles. The summed E-state index contributed by atoms with van der Waals surface area (Å²) in [6.45, 7) is 9.42. The summed E-state index contributed by atoms with van der Waals surface area (Å²) in [5.74, 6) is -1.28. The van der Waals surface area contributed by atoms with E-state index in [1.54, 1.807) is 27.7 Å². The Morgan fingerprint density at radius 2 is 1.76 bits per heavy atom. The Bertz CT molecular complexity index is 514. The molecule has 1 N–H and O–H groups in total. The first-order valence-corrected chi connectivity index (χ1v) is 8.72. The Morgan fingerprint density at radius 1 is 1.20 bits per heavy atom. The fraction of sp³-hybridized carbons (Fsp3) is 0.800. The van der Waals surface area contributed by atoms with E-state index < -0.39 is 40.4 Å². The number of nitrogens with one attached hydrogen (secondary N) is 1. The van der Waals surface area contributed by atoms with Crippen molar-refractivity contribution in [3.05, 3.63) is 10.1 Å². The second-order valence-electron chi connectivity index (χ2n) is 7.01. The number of ether oxygens (including phenoxy) is 1. The Labute approximate surface area is 151 Å². The predicted molar refractivity (Wildman–Crippen MR) is 92.2 cm³/mol. The first-order chi connectivity index (χ1) is 11.3. The largest absolute Gasteiger partial charge is 0.464 e. The fourth-order valence-corrected chi connectivity index (χ4v) is 2.39. The molecule has 0 aliphatic rings. The van der Waals surface area contributed by atoms with Crippen molar-refractivity contribution in [3.8, 4) is 0 Å². The minimum atomic E-state index is -1.24. The zero-order chi connectivity index (χ0) is 19.8. The maximum Gasteiger partial charge on any atom is 0.329 e.